The quantitative estimate of drug-likeness (QED) is 0.128. The Morgan fingerprint density at radius 3 is 1.92 bits per heavy atom. The lowest BCUT2D eigenvalue weighted by Gasteiger charge is -2.26. The van der Waals surface area contributed by atoms with Crippen molar-refractivity contribution in [2.75, 3.05) is 0 Å². The molecule has 0 aromatic heterocycles. The van der Waals surface area contributed by atoms with Gasteiger partial charge in [-0.2, -0.15) is 0 Å². The minimum Gasteiger partial charge on any atom is -0.508 e. The molecule has 0 aliphatic carbocycles. The lowest BCUT2D eigenvalue weighted by Crippen LogP contribution is -2.59. The lowest BCUT2D eigenvalue weighted by molar-refractivity contribution is -0.144. The number of benzene rings is 1. The molecule has 204 valence electrons. The molecule has 0 saturated carbocycles. The summed E-state index contributed by atoms with van der Waals surface area (Å²) in [5.41, 5.74) is 11.8. The van der Waals surface area contributed by atoms with Crippen LogP contribution in [0.15, 0.2) is 24.3 Å². The van der Waals surface area contributed by atoms with Crippen LogP contribution in [0.5, 0.6) is 5.75 Å². The average Bonchev–Trinajstić information content (AvgIpc) is 2.79. The summed E-state index contributed by atoms with van der Waals surface area (Å²) in [6, 6.07) is 0.548. The van der Waals surface area contributed by atoms with Crippen LogP contribution >= 0.6 is 0 Å². The van der Waals surface area contributed by atoms with E-state index in [2.05, 4.69) is 16.0 Å². The molecule has 1 rings (SSSR count). The molecule has 1 aromatic rings. The maximum absolute atomic E-state index is 12.9. The van der Waals surface area contributed by atoms with Crippen molar-refractivity contribution in [3.8, 4) is 5.75 Å². The third kappa shape index (κ3) is 10.9. The molecule has 0 bridgehead atoms. The van der Waals surface area contributed by atoms with Gasteiger partial charge in [-0.3, -0.25) is 24.0 Å². The molecule has 10 N–H and O–H groups in total. The van der Waals surface area contributed by atoms with Gasteiger partial charge in [0.2, 0.25) is 23.6 Å². The summed E-state index contributed by atoms with van der Waals surface area (Å²) >= 11 is 0. The summed E-state index contributed by atoms with van der Waals surface area (Å²) in [5.74, 6) is -6.76. The van der Waals surface area contributed by atoms with E-state index in [1.807, 2.05) is 0 Å². The van der Waals surface area contributed by atoms with E-state index in [1.54, 1.807) is 26.0 Å². The summed E-state index contributed by atoms with van der Waals surface area (Å²) in [6.07, 6.45) is -1.44. The molecule has 0 fully saturated rings. The van der Waals surface area contributed by atoms with Crippen molar-refractivity contribution in [2.45, 2.75) is 63.7 Å². The molecule has 37 heavy (non-hydrogen) atoms. The number of rotatable bonds is 15. The van der Waals surface area contributed by atoms with Crippen molar-refractivity contribution >= 4 is 35.6 Å². The Morgan fingerprint density at radius 2 is 1.43 bits per heavy atom. The Hall–Kier alpha value is -4.20. The van der Waals surface area contributed by atoms with E-state index in [9.17, 15) is 39.0 Å². The number of phenolic OH excluding ortho intramolecular Hbond substituents is 1. The van der Waals surface area contributed by atoms with Crippen molar-refractivity contribution in [3.05, 3.63) is 29.8 Å². The van der Waals surface area contributed by atoms with Crippen LogP contribution in [0.3, 0.4) is 0 Å². The third-order valence-electron chi connectivity index (χ3n) is 5.28. The van der Waals surface area contributed by atoms with Gasteiger partial charge in [-0.25, -0.2) is 4.79 Å². The van der Waals surface area contributed by atoms with Gasteiger partial charge in [-0.1, -0.05) is 26.0 Å². The number of carboxylic acid groups (broad SMARTS) is 2. The maximum Gasteiger partial charge on any atom is 0.326 e. The number of hydrogen-bond donors (Lipinski definition) is 8. The van der Waals surface area contributed by atoms with E-state index in [1.165, 1.54) is 12.1 Å². The Balaban J connectivity index is 2.93. The Bertz CT molecular complexity index is 997. The van der Waals surface area contributed by atoms with Crippen molar-refractivity contribution in [1.82, 2.24) is 16.0 Å². The molecule has 4 unspecified atom stereocenters. The fraction of sp³-hybridized carbons (Fsp3) is 0.478. The van der Waals surface area contributed by atoms with Crippen LogP contribution in [0.1, 0.15) is 38.7 Å². The zero-order chi connectivity index (χ0) is 28.3. The molecule has 0 aliphatic rings. The fourth-order valence-corrected chi connectivity index (χ4v) is 3.24. The predicted molar refractivity (Wildman–Crippen MR) is 129 cm³/mol. The minimum atomic E-state index is -1.51. The highest BCUT2D eigenvalue weighted by Gasteiger charge is 2.32. The summed E-state index contributed by atoms with van der Waals surface area (Å²) in [7, 11) is 0. The van der Waals surface area contributed by atoms with Gasteiger partial charge >= 0.3 is 11.9 Å². The Morgan fingerprint density at radius 1 is 0.865 bits per heavy atom. The first-order valence-corrected chi connectivity index (χ1v) is 11.4. The number of nitrogens with one attached hydrogen (secondary N) is 3. The Kier molecular flexibility index (Phi) is 12.0. The van der Waals surface area contributed by atoms with Gasteiger partial charge in [0.15, 0.2) is 0 Å². The smallest absolute Gasteiger partial charge is 0.326 e. The van der Waals surface area contributed by atoms with Crippen LogP contribution in [0.2, 0.25) is 0 Å². The molecule has 1 aromatic carbocycles. The standard InChI is InChI=1S/C23H33N5O9/c1-11(2)19(22(35)26-15(23(36)37)7-8-18(31)32)28-21(34)16(10-17(25)30)27-20(33)14(24)9-12-3-5-13(29)6-4-12/h3-6,11,14-16,19,29H,7-10,24H2,1-2H3,(H2,25,30)(H,26,35)(H,27,33)(H,28,34)(H,31,32)(H,36,37). The van der Waals surface area contributed by atoms with E-state index in [4.69, 9.17) is 16.6 Å². The van der Waals surface area contributed by atoms with E-state index in [0.717, 1.165) is 0 Å². The van der Waals surface area contributed by atoms with Gasteiger partial charge in [0.25, 0.3) is 0 Å². The van der Waals surface area contributed by atoms with Crippen LogP contribution in [-0.4, -0.2) is 75.1 Å². The average molecular weight is 524 g/mol. The molecule has 0 radical (unpaired) electrons. The molecule has 14 nitrogen and oxygen atoms in total. The number of carbonyl (C=O) groups is 6. The summed E-state index contributed by atoms with van der Waals surface area (Å²) < 4.78 is 0. The second kappa shape index (κ2) is 14.4. The number of nitrogens with two attached hydrogens (primary N) is 2. The van der Waals surface area contributed by atoms with Gasteiger partial charge in [0.05, 0.1) is 12.5 Å². The normalized spacial score (nSPS) is 14.1. The van der Waals surface area contributed by atoms with Gasteiger partial charge in [-0.05, 0) is 36.5 Å². The van der Waals surface area contributed by atoms with Crippen molar-refractivity contribution in [1.29, 1.82) is 0 Å². The van der Waals surface area contributed by atoms with E-state index in [-0.39, 0.29) is 18.6 Å². The largest absolute Gasteiger partial charge is 0.508 e. The molecule has 4 atom stereocenters. The minimum absolute atomic E-state index is 0.0280. The molecule has 14 heteroatoms. The second-order valence-electron chi connectivity index (χ2n) is 8.77. The first-order valence-electron chi connectivity index (χ1n) is 11.4. The number of phenols is 1. The fourth-order valence-electron chi connectivity index (χ4n) is 3.24. The van der Waals surface area contributed by atoms with Gasteiger partial charge in [-0.15, -0.1) is 0 Å². The van der Waals surface area contributed by atoms with Crippen molar-refractivity contribution in [2.24, 2.45) is 17.4 Å². The highest BCUT2D eigenvalue weighted by Crippen LogP contribution is 2.11. The lowest BCUT2D eigenvalue weighted by atomic mass is 10.0. The SMILES string of the molecule is CC(C)C(NC(=O)C(CC(N)=O)NC(=O)C(N)Cc1ccc(O)cc1)C(=O)NC(CCC(=O)O)C(=O)O. The molecule has 0 saturated heterocycles. The summed E-state index contributed by atoms with van der Waals surface area (Å²) in [4.78, 5) is 71.9. The molecule has 0 heterocycles. The molecule has 0 spiro atoms. The monoisotopic (exact) mass is 523 g/mol. The van der Waals surface area contributed by atoms with Crippen LogP contribution in [0.25, 0.3) is 0 Å². The zero-order valence-electron chi connectivity index (χ0n) is 20.5. The Labute approximate surface area is 212 Å². The number of primary amides is 1. The third-order valence-corrected chi connectivity index (χ3v) is 5.28. The van der Waals surface area contributed by atoms with Gasteiger partial charge < -0.3 is 42.7 Å². The number of aromatic hydroxyl groups is 1. The highest BCUT2D eigenvalue weighted by atomic mass is 16.4. The van der Waals surface area contributed by atoms with E-state index < -0.39 is 78.5 Å². The van der Waals surface area contributed by atoms with Crippen LogP contribution in [0, 0.1) is 5.92 Å². The zero-order valence-corrected chi connectivity index (χ0v) is 20.5. The molecule has 4 amide bonds. The molecular formula is C23H33N5O9. The predicted octanol–water partition coefficient (Wildman–Crippen LogP) is -1.80. The first kappa shape index (κ1) is 30.8. The summed E-state index contributed by atoms with van der Waals surface area (Å²) in [6.45, 7) is 3.12. The molecule has 0 aliphatic heterocycles. The number of amides is 4. The van der Waals surface area contributed by atoms with Crippen molar-refractivity contribution in [3.63, 3.8) is 0 Å². The highest BCUT2D eigenvalue weighted by molar-refractivity contribution is 5.96. The first-order chi connectivity index (χ1) is 17.2. The second-order valence-corrected chi connectivity index (χ2v) is 8.77. The van der Waals surface area contributed by atoms with Crippen LogP contribution in [0.4, 0.5) is 0 Å². The number of carbonyl (C=O) groups excluding carboxylic acids is 4. The number of carboxylic acids is 2. The topological polar surface area (TPSA) is 251 Å². The maximum atomic E-state index is 12.9. The number of hydrogen-bond acceptors (Lipinski definition) is 8. The van der Waals surface area contributed by atoms with Crippen LogP contribution in [-0.2, 0) is 35.2 Å². The van der Waals surface area contributed by atoms with E-state index >= 15 is 0 Å². The van der Waals surface area contributed by atoms with Crippen molar-refractivity contribution < 1.29 is 44.1 Å². The van der Waals surface area contributed by atoms with Crippen LogP contribution < -0.4 is 27.4 Å². The number of aliphatic carboxylic acids is 2. The van der Waals surface area contributed by atoms with Gasteiger partial charge in [0.1, 0.15) is 23.9 Å². The molecular weight excluding hydrogens is 490 g/mol. The van der Waals surface area contributed by atoms with Gasteiger partial charge in [0, 0.05) is 6.42 Å². The summed E-state index contributed by atoms with van der Waals surface area (Å²) in [5, 5.41) is 34.3. The van der Waals surface area contributed by atoms with E-state index in [0.29, 0.717) is 5.56 Å².